The van der Waals surface area contributed by atoms with Crippen molar-refractivity contribution >= 4 is 5.69 Å². The highest BCUT2D eigenvalue weighted by atomic mass is 19.1. The Morgan fingerprint density at radius 2 is 1.79 bits per heavy atom. The number of para-hydroxylation sites is 1. The molecule has 0 spiro atoms. The largest absolute Gasteiger partial charge is 0.321 e. The van der Waals surface area contributed by atoms with E-state index in [1.165, 1.54) is 0 Å². The van der Waals surface area contributed by atoms with Crippen molar-refractivity contribution in [2.24, 2.45) is 0 Å². The van der Waals surface area contributed by atoms with Gasteiger partial charge in [-0.05, 0) is 24.3 Å². The summed E-state index contributed by atoms with van der Waals surface area (Å²) in [6.45, 7) is 0.101. The fourth-order valence-corrected chi connectivity index (χ4v) is 1.57. The smallest absolute Gasteiger partial charge is 0.141 e. The van der Waals surface area contributed by atoms with Crippen molar-refractivity contribution in [2.45, 2.75) is 6.54 Å². The van der Waals surface area contributed by atoms with Crippen LogP contribution in [0.2, 0.25) is 0 Å². The lowest BCUT2D eigenvalue weighted by Gasteiger charge is -2.09. The summed E-state index contributed by atoms with van der Waals surface area (Å²) in [5.41, 5.74) is 6.32. The van der Waals surface area contributed by atoms with Crippen LogP contribution in [0.4, 0.5) is 14.5 Å². The van der Waals surface area contributed by atoms with Gasteiger partial charge in [0.15, 0.2) is 0 Å². The zero-order chi connectivity index (χ0) is 13.7. The van der Waals surface area contributed by atoms with Crippen LogP contribution in [0.1, 0.15) is 11.1 Å². The lowest BCUT2D eigenvalue weighted by atomic mass is 10.1. The molecule has 0 saturated carbocycles. The molecule has 2 rings (SSSR count). The van der Waals surface area contributed by atoms with E-state index in [2.05, 4.69) is 10.9 Å². The summed E-state index contributed by atoms with van der Waals surface area (Å²) < 4.78 is 26.9. The van der Waals surface area contributed by atoms with Crippen molar-refractivity contribution in [3.63, 3.8) is 0 Å². The molecule has 2 aromatic carbocycles. The van der Waals surface area contributed by atoms with E-state index in [9.17, 15) is 8.78 Å². The molecule has 0 heterocycles. The minimum Gasteiger partial charge on any atom is -0.321 e. The maximum absolute atomic E-state index is 13.6. The molecular formula is C14H11F2N3. The average Bonchev–Trinajstić information content (AvgIpc) is 2.43. The second-order valence-electron chi connectivity index (χ2n) is 3.88. The number of benzene rings is 2. The van der Waals surface area contributed by atoms with Crippen LogP contribution < -0.4 is 10.9 Å². The average molecular weight is 259 g/mol. The maximum Gasteiger partial charge on any atom is 0.141 e. The molecule has 19 heavy (non-hydrogen) atoms. The molecule has 0 bridgehead atoms. The van der Waals surface area contributed by atoms with Gasteiger partial charge in [-0.3, -0.25) is 0 Å². The van der Waals surface area contributed by atoms with Crippen molar-refractivity contribution in [3.8, 4) is 6.07 Å². The summed E-state index contributed by atoms with van der Waals surface area (Å²) in [6, 6.07) is 12.8. The van der Waals surface area contributed by atoms with E-state index in [4.69, 9.17) is 5.26 Å². The third-order valence-electron chi connectivity index (χ3n) is 2.54. The topological polar surface area (TPSA) is 47.9 Å². The molecule has 5 heteroatoms. The van der Waals surface area contributed by atoms with Gasteiger partial charge in [0.1, 0.15) is 17.7 Å². The van der Waals surface area contributed by atoms with E-state index in [0.717, 1.165) is 17.8 Å². The number of halogens is 2. The first-order chi connectivity index (χ1) is 9.20. The summed E-state index contributed by atoms with van der Waals surface area (Å²) in [6.07, 6.45) is 0. The molecule has 96 valence electrons. The standard InChI is InChI=1S/C14H11F2N3/c15-13-7-11(14(16)6-10(13)8-17)9-18-19-12-4-2-1-3-5-12/h1-7,18-19H,9H2. The van der Waals surface area contributed by atoms with Gasteiger partial charge in [0.25, 0.3) is 0 Å². The second-order valence-corrected chi connectivity index (χ2v) is 3.88. The first kappa shape index (κ1) is 13.0. The minimum atomic E-state index is -0.722. The summed E-state index contributed by atoms with van der Waals surface area (Å²) in [7, 11) is 0. The van der Waals surface area contributed by atoms with Gasteiger partial charge in [0.2, 0.25) is 0 Å². The number of nitriles is 1. The van der Waals surface area contributed by atoms with Gasteiger partial charge in [-0.15, -0.1) is 0 Å². The number of hydrazine groups is 1. The summed E-state index contributed by atoms with van der Waals surface area (Å²) >= 11 is 0. The third kappa shape index (κ3) is 3.27. The van der Waals surface area contributed by atoms with E-state index in [1.807, 2.05) is 30.3 Å². The van der Waals surface area contributed by atoms with Gasteiger partial charge in [-0.25, -0.2) is 14.2 Å². The van der Waals surface area contributed by atoms with E-state index in [0.29, 0.717) is 0 Å². The SMILES string of the molecule is N#Cc1cc(F)c(CNNc2ccccc2)cc1F. The maximum atomic E-state index is 13.6. The zero-order valence-electron chi connectivity index (χ0n) is 9.95. The molecule has 0 unspecified atom stereocenters. The zero-order valence-corrected chi connectivity index (χ0v) is 9.95. The molecule has 2 N–H and O–H groups in total. The van der Waals surface area contributed by atoms with Gasteiger partial charge in [0, 0.05) is 17.8 Å². The molecule has 0 saturated heterocycles. The number of rotatable bonds is 4. The number of nitrogens with zero attached hydrogens (tertiary/aromatic N) is 1. The number of nitrogens with one attached hydrogen (secondary N) is 2. The molecule has 0 aromatic heterocycles. The Balaban J connectivity index is 2.01. The fourth-order valence-electron chi connectivity index (χ4n) is 1.57. The first-order valence-corrected chi connectivity index (χ1v) is 5.62. The molecule has 0 radical (unpaired) electrons. The lowest BCUT2D eigenvalue weighted by molar-refractivity contribution is 0.575. The van der Waals surface area contributed by atoms with E-state index in [-0.39, 0.29) is 17.7 Å². The monoisotopic (exact) mass is 259 g/mol. The normalized spacial score (nSPS) is 9.95. The summed E-state index contributed by atoms with van der Waals surface area (Å²) in [5, 5.41) is 8.57. The van der Waals surface area contributed by atoms with Crippen LogP contribution in [0.25, 0.3) is 0 Å². The molecular weight excluding hydrogens is 248 g/mol. The van der Waals surface area contributed by atoms with Crippen molar-refractivity contribution in [2.75, 3.05) is 5.43 Å². The highest BCUT2D eigenvalue weighted by Crippen LogP contribution is 2.14. The van der Waals surface area contributed by atoms with Crippen molar-refractivity contribution in [3.05, 3.63) is 65.2 Å². The van der Waals surface area contributed by atoms with Crippen molar-refractivity contribution in [1.82, 2.24) is 5.43 Å². The Labute approximate surface area is 109 Å². The molecule has 2 aromatic rings. The molecule has 0 amide bonds. The Bertz CT molecular complexity index is 606. The van der Waals surface area contributed by atoms with Crippen LogP contribution >= 0.6 is 0 Å². The predicted octanol–water partition coefficient (Wildman–Crippen LogP) is 2.95. The van der Waals surface area contributed by atoms with Crippen LogP contribution in [0.15, 0.2) is 42.5 Å². The van der Waals surface area contributed by atoms with Gasteiger partial charge < -0.3 is 5.43 Å². The Kier molecular flexibility index (Phi) is 4.06. The van der Waals surface area contributed by atoms with Crippen LogP contribution in [-0.4, -0.2) is 0 Å². The van der Waals surface area contributed by atoms with Gasteiger partial charge in [-0.2, -0.15) is 5.26 Å². The van der Waals surface area contributed by atoms with Crippen molar-refractivity contribution in [1.29, 1.82) is 5.26 Å². The summed E-state index contributed by atoms with van der Waals surface area (Å²) in [4.78, 5) is 0. The first-order valence-electron chi connectivity index (χ1n) is 5.62. The van der Waals surface area contributed by atoms with Gasteiger partial charge in [0.05, 0.1) is 5.56 Å². The van der Waals surface area contributed by atoms with Gasteiger partial charge in [-0.1, -0.05) is 18.2 Å². The van der Waals surface area contributed by atoms with Crippen LogP contribution in [0.5, 0.6) is 0 Å². The number of anilines is 1. The highest BCUT2D eigenvalue weighted by Gasteiger charge is 2.09. The molecule has 0 atom stereocenters. The third-order valence-corrected chi connectivity index (χ3v) is 2.54. The Hall–Kier alpha value is -2.45. The Morgan fingerprint density at radius 1 is 1.05 bits per heavy atom. The minimum absolute atomic E-state index is 0.101. The number of hydrogen-bond acceptors (Lipinski definition) is 3. The molecule has 0 fully saturated rings. The van der Waals surface area contributed by atoms with Crippen LogP contribution in [0, 0.1) is 23.0 Å². The molecule has 3 nitrogen and oxygen atoms in total. The Morgan fingerprint density at radius 3 is 2.47 bits per heavy atom. The van der Waals surface area contributed by atoms with Crippen molar-refractivity contribution < 1.29 is 8.78 Å². The fraction of sp³-hybridized carbons (Fsp3) is 0.0714. The van der Waals surface area contributed by atoms with Crippen LogP contribution in [-0.2, 0) is 6.54 Å². The molecule has 0 aliphatic carbocycles. The summed E-state index contributed by atoms with van der Waals surface area (Å²) in [5.74, 6) is -1.33. The van der Waals surface area contributed by atoms with E-state index < -0.39 is 11.6 Å². The highest BCUT2D eigenvalue weighted by molar-refractivity contribution is 5.41. The molecule has 0 aliphatic heterocycles. The second kappa shape index (κ2) is 5.94. The quantitative estimate of drug-likeness (QED) is 0.830. The van der Waals surface area contributed by atoms with E-state index >= 15 is 0 Å². The van der Waals surface area contributed by atoms with Crippen LogP contribution in [0.3, 0.4) is 0 Å². The van der Waals surface area contributed by atoms with E-state index in [1.54, 1.807) is 6.07 Å². The molecule has 0 aliphatic rings. The predicted molar refractivity (Wildman–Crippen MR) is 68.0 cm³/mol. The lowest BCUT2D eigenvalue weighted by Crippen LogP contribution is -2.21. The number of hydrogen-bond donors (Lipinski definition) is 2. The van der Waals surface area contributed by atoms with Gasteiger partial charge >= 0.3 is 0 Å².